The van der Waals surface area contributed by atoms with Crippen molar-refractivity contribution in [1.29, 1.82) is 0 Å². The molecule has 1 aromatic carbocycles. The summed E-state index contributed by atoms with van der Waals surface area (Å²) in [5, 5.41) is 9.16. The third kappa shape index (κ3) is 3.46. The molecule has 0 amide bonds. The molecule has 0 unspecified atom stereocenters. The fourth-order valence-electron chi connectivity index (χ4n) is 1.77. The van der Waals surface area contributed by atoms with Gasteiger partial charge in [-0.05, 0) is 32.6 Å². The second-order valence-corrected chi connectivity index (χ2v) is 4.34. The molecule has 1 atom stereocenters. The Bertz CT molecular complexity index is 402. The highest BCUT2D eigenvalue weighted by Crippen LogP contribution is 2.22. The van der Waals surface area contributed by atoms with Crippen molar-refractivity contribution in [2.75, 3.05) is 21.2 Å². The van der Waals surface area contributed by atoms with Gasteiger partial charge in [0.15, 0.2) is 0 Å². The van der Waals surface area contributed by atoms with E-state index in [1.165, 1.54) is 0 Å². The van der Waals surface area contributed by atoms with Crippen LogP contribution in [0.3, 0.4) is 0 Å². The van der Waals surface area contributed by atoms with Crippen molar-refractivity contribution in [2.24, 2.45) is 0 Å². The van der Waals surface area contributed by atoms with Crippen LogP contribution in [0, 0.1) is 6.92 Å². The number of carbonyl (C=O) groups is 1. The largest absolute Gasteiger partial charge is 0.496 e. The smallest absolute Gasteiger partial charge is 0.321 e. The molecule has 94 valence electrons. The van der Waals surface area contributed by atoms with Crippen LogP contribution in [0.15, 0.2) is 18.2 Å². The number of ether oxygens (including phenoxy) is 1. The zero-order valence-electron chi connectivity index (χ0n) is 10.7. The molecule has 17 heavy (non-hydrogen) atoms. The Labute approximate surface area is 102 Å². The number of methoxy groups -OCH3 is 1. The minimum Gasteiger partial charge on any atom is -0.496 e. The maximum Gasteiger partial charge on any atom is 0.321 e. The number of benzene rings is 1. The Hall–Kier alpha value is -1.55. The molecule has 0 radical (unpaired) electrons. The Morgan fingerprint density at radius 3 is 2.59 bits per heavy atom. The van der Waals surface area contributed by atoms with Crippen molar-refractivity contribution in [3.05, 3.63) is 29.3 Å². The van der Waals surface area contributed by atoms with E-state index in [1.807, 2.05) is 25.1 Å². The summed E-state index contributed by atoms with van der Waals surface area (Å²) in [4.78, 5) is 12.8. The molecule has 0 aromatic heterocycles. The summed E-state index contributed by atoms with van der Waals surface area (Å²) in [5.41, 5.74) is 2.03. The molecule has 0 saturated heterocycles. The van der Waals surface area contributed by atoms with E-state index in [4.69, 9.17) is 9.84 Å². The lowest BCUT2D eigenvalue weighted by atomic mass is 10.0. The quantitative estimate of drug-likeness (QED) is 0.844. The average molecular weight is 237 g/mol. The lowest BCUT2D eigenvalue weighted by Gasteiger charge is -2.21. The van der Waals surface area contributed by atoms with Gasteiger partial charge in [-0.2, -0.15) is 0 Å². The van der Waals surface area contributed by atoms with Gasteiger partial charge in [-0.25, -0.2) is 0 Å². The first-order chi connectivity index (χ1) is 7.95. The van der Waals surface area contributed by atoms with E-state index < -0.39 is 12.0 Å². The number of hydrogen-bond acceptors (Lipinski definition) is 3. The zero-order valence-corrected chi connectivity index (χ0v) is 10.7. The summed E-state index contributed by atoms with van der Waals surface area (Å²) in [6, 6.07) is 5.26. The average Bonchev–Trinajstić information content (AvgIpc) is 2.25. The van der Waals surface area contributed by atoms with Gasteiger partial charge in [0.25, 0.3) is 0 Å². The molecular weight excluding hydrogens is 218 g/mol. The number of aliphatic carboxylic acids is 1. The van der Waals surface area contributed by atoms with E-state index in [1.54, 1.807) is 26.1 Å². The van der Waals surface area contributed by atoms with Crippen molar-refractivity contribution in [2.45, 2.75) is 19.4 Å². The van der Waals surface area contributed by atoms with Gasteiger partial charge in [-0.15, -0.1) is 0 Å². The zero-order chi connectivity index (χ0) is 13.0. The predicted molar refractivity (Wildman–Crippen MR) is 66.5 cm³/mol. The molecule has 0 saturated carbocycles. The van der Waals surface area contributed by atoms with Gasteiger partial charge in [-0.3, -0.25) is 9.69 Å². The van der Waals surface area contributed by atoms with Crippen LogP contribution in [-0.4, -0.2) is 43.2 Å². The van der Waals surface area contributed by atoms with Gasteiger partial charge >= 0.3 is 5.97 Å². The van der Waals surface area contributed by atoms with Crippen LogP contribution in [0.4, 0.5) is 0 Å². The van der Waals surface area contributed by atoms with E-state index >= 15 is 0 Å². The number of carboxylic acids is 1. The van der Waals surface area contributed by atoms with Crippen LogP contribution in [0.25, 0.3) is 0 Å². The fraction of sp³-hybridized carbons (Fsp3) is 0.462. The molecule has 0 spiro atoms. The first-order valence-corrected chi connectivity index (χ1v) is 5.48. The minimum absolute atomic E-state index is 0.438. The monoisotopic (exact) mass is 237 g/mol. The van der Waals surface area contributed by atoms with E-state index in [0.29, 0.717) is 6.42 Å². The number of carboxylic acid groups (broad SMARTS) is 1. The van der Waals surface area contributed by atoms with Crippen LogP contribution in [0.1, 0.15) is 11.1 Å². The fourth-order valence-corrected chi connectivity index (χ4v) is 1.77. The third-order valence-electron chi connectivity index (χ3n) is 2.76. The van der Waals surface area contributed by atoms with E-state index in [-0.39, 0.29) is 0 Å². The summed E-state index contributed by atoms with van der Waals surface area (Å²) in [6.45, 7) is 1.98. The lowest BCUT2D eigenvalue weighted by molar-refractivity contribution is -0.142. The van der Waals surface area contributed by atoms with Crippen LogP contribution in [0.2, 0.25) is 0 Å². The van der Waals surface area contributed by atoms with E-state index in [0.717, 1.165) is 16.9 Å². The van der Waals surface area contributed by atoms with Crippen molar-refractivity contribution < 1.29 is 14.6 Å². The molecule has 4 heteroatoms. The number of nitrogens with zero attached hydrogens (tertiary/aromatic N) is 1. The van der Waals surface area contributed by atoms with E-state index in [9.17, 15) is 4.79 Å². The van der Waals surface area contributed by atoms with Crippen molar-refractivity contribution in [3.63, 3.8) is 0 Å². The molecule has 0 aliphatic heterocycles. The molecule has 0 aliphatic rings. The van der Waals surface area contributed by atoms with Crippen LogP contribution in [-0.2, 0) is 11.2 Å². The highest BCUT2D eigenvalue weighted by atomic mass is 16.5. The van der Waals surface area contributed by atoms with Crippen molar-refractivity contribution >= 4 is 5.97 Å². The van der Waals surface area contributed by atoms with Gasteiger partial charge in [0.1, 0.15) is 11.8 Å². The molecule has 0 heterocycles. The van der Waals surface area contributed by atoms with Crippen LogP contribution < -0.4 is 4.74 Å². The van der Waals surface area contributed by atoms with Gasteiger partial charge in [0.05, 0.1) is 7.11 Å². The van der Waals surface area contributed by atoms with Gasteiger partial charge in [-0.1, -0.05) is 17.7 Å². The Morgan fingerprint density at radius 1 is 1.47 bits per heavy atom. The van der Waals surface area contributed by atoms with E-state index in [2.05, 4.69) is 0 Å². The molecule has 1 N–H and O–H groups in total. The summed E-state index contributed by atoms with van der Waals surface area (Å²) in [7, 11) is 5.13. The van der Waals surface area contributed by atoms with Gasteiger partial charge in [0, 0.05) is 6.42 Å². The molecule has 0 fully saturated rings. The van der Waals surface area contributed by atoms with Gasteiger partial charge < -0.3 is 9.84 Å². The summed E-state index contributed by atoms with van der Waals surface area (Å²) in [6.07, 6.45) is 0.438. The Morgan fingerprint density at radius 2 is 2.12 bits per heavy atom. The Kier molecular flexibility index (Phi) is 4.52. The topological polar surface area (TPSA) is 49.8 Å². The Balaban J connectivity index is 2.99. The number of hydrogen-bond donors (Lipinski definition) is 1. The normalized spacial score (nSPS) is 12.5. The highest BCUT2D eigenvalue weighted by Gasteiger charge is 2.21. The maximum absolute atomic E-state index is 11.1. The molecule has 1 aromatic rings. The SMILES string of the molecule is COc1ccc(C)cc1C[C@H](C(=O)O)N(C)C. The van der Waals surface area contributed by atoms with Crippen molar-refractivity contribution in [1.82, 2.24) is 4.90 Å². The summed E-state index contributed by atoms with van der Waals surface area (Å²) >= 11 is 0. The van der Waals surface area contributed by atoms with Gasteiger partial charge in [0.2, 0.25) is 0 Å². The number of likely N-dealkylation sites (N-methyl/N-ethyl adjacent to an activating group) is 1. The number of rotatable bonds is 5. The molecule has 0 bridgehead atoms. The second-order valence-electron chi connectivity index (χ2n) is 4.34. The third-order valence-corrected chi connectivity index (χ3v) is 2.76. The van der Waals surface area contributed by atoms with Crippen molar-refractivity contribution in [3.8, 4) is 5.75 Å². The summed E-state index contributed by atoms with van der Waals surface area (Å²) in [5.74, 6) is -0.0812. The summed E-state index contributed by atoms with van der Waals surface area (Å²) < 4.78 is 5.25. The maximum atomic E-state index is 11.1. The lowest BCUT2D eigenvalue weighted by Crippen LogP contribution is -2.37. The second kappa shape index (κ2) is 5.68. The number of aryl methyl sites for hydroxylation is 1. The van der Waals surface area contributed by atoms with Crippen LogP contribution >= 0.6 is 0 Å². The molecule has 0 aliphatic carbocycles. The first-order valence-electron chi connectivity index (χ1n) is 5.48. The highest BCUT2D eigenvalue weighted by molar-refractivity contribution is 5.74. The first kappa shape index (κ1) is 13.5. The predicted octanol–water partition coefficient (Wildman–Crippen LogP) is 1.56. The standard InChI is InChI=1S/C13H19NO3/c1-9-5-6-12(17-4)10(7-9)8-11(13(15)16)14(2)3/h5-7,11H,8H2,1-4H3,(H,15,16)/t11-/m1/s1. The molecular formula is C13H19NO3. The minimum atomic E-state index is -0.821. The molecule has 1 rings (SSSR count). The molecule has 4 nitrogen and oxygen atoms in total. The van der Waals surface area contributed by atoms with Crippen LogP contribution in [0.5, 0.6) is 5.75 Å².